The van der Waals surface area contributed by atoms with Crippen molar-refractivity contribution in [2.75, 3.05) is 5.73 Å². The van der Waals surface area contributed by atoms with E-state index < -0.39 is 4.92 Å². The number of hydrogen-bond donors (Lipinski definition) is 1. The molecule has 0 aromatic heterocycles. The summed E-state index contributed by atoms with van der Waals surface area (Å²) in [5, 5.41) is 10.5. The Morgan fingerprint density at radius 3 is 2.42 bits per heavy atom. The fourth-order valence-corrected chi connectivity index (χ4v) is 1.96. The van der Waals surface area contributed by atoms with Crippen molar-refractivity contribution in [3.05, 3.63) is 31.2 Å². The van der Waals surface area contributed by atoms with Crippen LogP contribution in [0.15, 0.2) is 21.1 Å². The monoisotopic (exact) mass is 294 g/mol. The second-order valence-corrected chi connectivity index (χ2v) is 3.70. The third-order valence-electron chi connectivity index (χ3n) is 1.28. The van der Waals surface area contributed by atoms with E-state index in [1.807, 2.05) is 0 Å². The topological polar surface area (TPSA) is 69.2 Å². The highest BCUT2D eigenvalue weighted by Gasteiger charge is 2.18. The summed E-state index contributed by atoms with van der Waals surface area (Å²) in [6.07, 6.45) is 0. The summed E-state index contributed by atoms with van der Waals surface area (Å²) in [7, 11) is 0. The van der Waals surface area contributed by atoms with Crippen LogP contribution in [0.1, 0.15) is 0 Å². The molecule has 0 aliphatic rings. The molecule has 0 fully saturated rings. The highest BCUT2D eigenvalue weighted by molar-refractivity contribution is 9.11. The van der Waals surface area contributed by atoms with Crippen LogP contribution in [0.5, 0.6) is 0 Å². The minimum Gasteiger partial charge on any atom is -0.398 e. The minimum absolute atomic E-state index is 0.0463. The number of benzene rings is 1. The zero-order valence-corrected chi connectivity index (χ0v) is 8.92. The van der Waals surface area contributed by atoms with Gasteiger partial charge >= 0.3 is 0 Å². The SMILES string of the molecule is Nc1ccc(Br)c([N+](=O)[O-])c1Br. The highest BCUT2D eigenvalue weighted by atomic mass is 79.9. The molecule has 0 heterocycles. The second kappa shape index (κ2) is 3.40. The lowest BCUT2D eigenvalue weighted by molar-refractivity contribution is -0.386. The van der Waals surface area contributed by atoms with Gasteiger partial charge in [-0.15, -0.1) is 0 Å². The van der Waals surface area contributed by atoms with E-state index in [2.05, 4.69) is 31.9 Å². The van der Waals surface area contributed by atoms with Crippen LogP contribution in [0.2, 0.25) is 0 Å². The van der Waals surface area contributed by atoms with Crippen LogP contribution < -0.4 is 5.73 Å². The molecule has 0 amide bonds. The lowest BCUT2D eigenvalue weighted by Gasteiger charge is -2.00. The number of anilines is 1. The van der Waals surface area contributed by atoms with Gasteiger partial charge in [0.2, 0.25) is 0 Å². The molecular formula is C6H4Br2N2O2. The van der Waals surface area contributed by atoms with Crippen molar-refractivity contribution in [2.45, 2.75) is 0 Å². The Hall–Kier alpha value is -0.620. The van der Waals surface area contributed by atoms with Crippen LogP contribution in [-0.2, 0) is 0 Å². The summed E-state index contributed by atoms with van der Waals surface area (Å²) in [5.41, 5.74) is 5.76. The third kappa shape index (κ3) is 1.59. The first kappa shape index (κ1) is 9.47. The zero-order chi connectivity index (χ0) is 9.30. The van der Waals surface area contributed by atoms with Gasteiger partial charge in [0.25, 0.3) is 5.69 Å². The predicted octanol–water partition coefficient (Wildman–Crippen LogP) is 2.70. The third-order valence-corrected chi connectivity index (χ3v) is 2.75. The molecule has 0 spiro atoms. The Morgan fingerprint density at radius 1 is 1.42 bits per heavy atom. The van der Waals surface area contributed by atoms with Gasteiger partial charge in [-0.1, -0.05) is 0 Å². The average molecular weight is 296 g/mol. The molecule has 1 aromatic carbocycles. The van der Waals surface area contributed by atoms with E-state index in [9.17, 15) is 10.1 Å². The molecule has 0 unspecified atom stereocenters. The molecule has 64 valence electrons. The molecule has 0 aliphatic heterocycles. The molecule has 0 saturated heterocycles. The van der Waals surface area contributed by atoms with Gasteiger partial charge in [-0.05, 0) is 44.0 Å². The molecule has 1 rings (SSSR count). The van der Waals surface area contributed by atoms with Crippen LogP contribution >= 0.6 is 31.9 Å². The number of halogens is 2. The van der Waals surface area contributed by atoms with Gasteiger partial charge in [0, 0.05) is 0 Å². The van der Waals surface area contributed by atoms with Crippen LogP contribution in [0.4, 0.5) is 11.4 Å². The summed E-state index contributed by atoms with van der Waals surface area (Å²) >= 11 is 6.09. The number of hydrogen-bond acceptors (Lipinski definition) is 3. The molecule has 4 nitrogen and oxygen atoms in total. The Morgan fingerprint density at radius 2 is 2.00 bits per heavy atom. The summed E-state index contributed by atoms with van der Waals surface area (Å²) in [6, 6.07) is 3.12. The smallest absolute Gasteiger partial charge is 0.299 e. The summed E-state index contributed by atoms with van der Waals surface area (Å²) in [4.78, 5) is 9.99. The van der Waals surface area contributed by atoms with Crippen molar-refractivity contribution in [1.82, 2.24) is 0 Å². The number of nitro benzene ring substituents is 1. The van der Waals surface area contributed by atoms with E-state index in [0.717, 1.165) is 0 Å². The van der Waals surface area contributed by atoms with Gasteiger partial charge in [-0.2, -0.15) is 0 Å². The van der Waals surface area contributed by atoms with Crippen molar-refractivity contribution in [1.29, 1.82) is 0 Å². The van der Waals surface area contributed by atoms with Crippen molar-refractivity contribution >= 4 is 43.2 Å². The Balaban J connectivity index is 3.43. The van der Waals surface area contributed by atoms with E-state index >= 15 is 0 Å². The van der Waals surface area contributed by atoms with E-state index in [1.165, 1.54) is 6.07 Å². The molecular weight excluding hydrogens is 292 g/mol. The molecule has 2 N–H and O–H groups in total. The molecule has 0 bridgehead atoms. The zero-order valence-electron chi connectivity index (χ0n) is 5.75. The van der Waals surface area contributed by atoms with E-state index in [0.29, 0.717) is 14.6 Å². The lowest BCUT2D eigenvalue weighted by Crippen LogP contribution is -1.94. The first-order chi connectivity index (χ1) is 5.54. The minimum atomic E-state index is -0.496. The molecule has 0 aliphatic carbocycles. The van der Waals surface area contributed by atoms with Crippen LogP contribution in [0.3, 0.4) is 0 Å². The quantitative estimate of drug-likeness (QED) is 0.492. The molecule has 0 saturated carbocycles. The molecule has 0 radical (unpaired) electrons. The number of nitro groups is 1. The van der Waals surface area contributed by atoms with Gasteiger partial charge in [-0.3, -0.25) is 10.1 Å². The first-order valence-electron chi connectivity index (χ1n) is 2.92. The fourth-order valence-electron chi connectivity index (χ4n) is 0.724. The molecule has 1 aromatic rings. The summed E-state index contributed by atoms with van der Waals surface area (Å²) in [5.74, 6) is 0. The maximum absolute atomic E-state index is 10.5. The summed E-state index contributed by atoms with van der Waals surface area (Å²) in [6.45, 7) is 0. The summed E-state index contributed by atoms with van der Waals surface area (Å²) < 4.78 is 0.718. The standard InChI is InChI=1S/C6H4Br2N2O2/c7-3-1-2-4(9)5(8)6(3)10(11)12/h1-2H,9H2. The molecule has 0 atom stereocenters. The normalized spacial score (nSPS) is 9.83. The van der Waals surface area contributed by atoms with Gasteiger partial charge in [0.15, 0.2) is 0 Å². The van der Waals surface area contributed by atoms with Crippen molar-refractivity contribution in [3.8, 4) is 0 Å². The lowest BCUT2D eigenvalue weighted by atomic mass is 10.3. The maximum Gasteiger partial charge on any atom is 0.299 e. The average Bonchev–Trinajstić information content (AvgIpc) is 1.97. The van der Waals surface area contributed by atoms with E-state index in [4.69, 9.17) is 5.73 Å². The van der Waals surface area contributed by atoms with Gasteiger partial charge < -0.3 is 5.73 Å². The fraction of sp³-hybridized carbons (Fsp3) is 0. The van der Waals surface area contributed by atoms with E-state index in [-0.39, 0.29) is 5.69 Å². The van der Waals surface area contributed by atoms with E-state index in [1.54, 1.807) is 6.07 Å². The largest absolute Gasteiger partial charge is 0.398 e. The van der Waals surface area contributed by atoms with Crippen LogP contribution in [0, 0.1) is 10.1 Å². The van der Waals surface area contributed by atoms with Gasteiger partial charge in [-0.25, -0.2) is 0 Å². The Labute approximate surface area is 85.2 Å². The van der Waals surface area contributed by atoms with Crippen molar-refractivity contribution < 1.29 is 4.92 Å². The van der Waals surface area contributed by atoms with Crippen LogP contribution in [-0.4, -0.2) is 4.92 Å². The van der Waals surface area contributed by atoms with Gasteiger partial charge in [0.05, 0.1) is 15.1 Å². The Kier molecular flexibility index (Phi) is 2.69. The van der Waals surface area contributed by atoms with Crippen molar-refractivity contribution in [3.63, 3.8) is 0 Å². The maximum atomic E-state index is 10.5. The number of nitrogens with zero attached hydrogens (tertiary/aromatic N) is 1. The second-order valence-electron chi connectivity index (χ2n) is 2.06. The predicted molar refractivity (Wildman–Crippen MR) is 52.9 cm³/mol. The highest BCUT2D eigenvalue weighted by Crippen LogP contribution is 2.36. The first-order valence-corrected chi connectivity index (χ1v) is 4.50. The van der Waals surface area contributed by atoms with Crippen LogP contribution in [0.25, 0.3) is 0 Å². The number of nitrogen functional groups attached to an aromatic ring is 1. The molecule has 12 heavy (non-hydrogen) atoms. The Bertz CT molecular complexity index is 341. The number of rotatable bonds is 1. The van der Waals surface area contributed by atoms with Crippen molar-refractivity contribution in [2.24, 2.45) is 0 Å². The van der Waals surface area contributed by atoms with Gasteiger partial charge in [0.1, 0.15) is 4.47 Å². The number of nitrogens with two attached hydrogens (primary N) is 1. The molecule has 6 heteroatoms.